The SMILES string of the molecule is Cc1ccc2c(N3CCN(C(=O)O)CC3CO)nc(-c3ccccc3O)nc2c1. The molecule has 4 rings (SSSR count). The van der Waals surface area contributed by atoms with E-state index in [1.165, 1.54) is 4.90 Å². The molecule has 0 radical (unpaired) electrons. The summed E-state index contributed by atoms with van der Waals surface area (Å²) in [6.07, 6.45) is -0.999. The van der Waals surface area contributed by atoms with Crippen molar-refractivity contribution in [2.45, 2.75) is 13.0 Å². The van der Waals surface area contributed by atoms with Gasteiger partial charge in [-0.2, -0.15) is 0 Å². The highest BCUT2D eigenvalue weighted by atomic mass is 16.4. The Bertz CT molecular complexity index is 1070. The summed E-state index contributed by atoms with van der Waals surface area (Å²) in [5.74, 6) is 1.09. The maximum Gasteiger partial charge on any atom is 0.407 e. The summed E-state index contributed by atoms with van der Waals surface area (Å²) in [5.41, 5.74) is 2.28. The predicted molar refractivity (Wildman–Crippen MR) is 109 cm³/mol. The van der Waals surface area contributed by atoms with Gasteiger partial charge in [0.05, 0.1) is 23.7 Å². The molecule has 0 aliphatic carbocycles. The van der Waals surface area contributed by atoms with Crippen LogP contribution in [0.2, 0.25) is 0 Å². The number of piperazine rings is 1. The van der Waals surface area contributed by atoms with Crippen LogP contribution in [0.15, 0.2) is 42.5 Å². The molecule has 29 heavy (non-hydrogen) atoms. The number of hydrogen-bond donors (Lipinski definition) is 3. The third-order valence-corrected chi connectivity index (χ3v) is 5.21. The Morgan fingerprint density at radius 1 is 1.17 bits per heavy atom. The van der Waals surface area contributed by atoms with Gasteiger partial charge in [0, 0.05) is 25.0 Å². The molecule has 3 aromatic rings. The maximum atomic E-state index is 11.4. The molecule has 1 saturated heterocycles. The first-order chi connectivity index (χ1) is 14.0. The molecule has 150 valence electrons. The molecule has 0 bridgehead atoms. The van der Waals surface area contributed by atoms with E-state index in [0.717, 1.165) is 16.5 Å². The van der Waals surface area contributed by atoms with Gasteiger partial charge in [0.25, 0.3) is 0 Å². The van der Waals surface area contributed by atoms with Gasteiger partial charge in [-0.05, 0) is 36.8 Å². The number of amides is 1. The summed E-state index contributed by atoms with van der Waals surface area (Å²) in [5, 5.41) is 30.3. The summed E-state index contributed by atoms with van der Waals surface area (Å²) < 4.78 is 0. The van der Waals surface area contributed by atoms with E-state index in [9.17, 15) is 20.1 Å². The van der Waals surface area contributed by atoms with Crippen LogP contribution in [-0.4, -0.2) is 68.6 Å². The van der Waals surface area contributed by atoms with Crippen molar-refractivity contribution in [2.24, 2.45) is 0 Å². The number of rotatable bonds is 3. The Labute approximate surface area is 167 Å². The minimum Gasteiger partial charge on any atom is -0.507 e. The number of phenols is 1. The number of fused-ring (bicyclic) bond motifs is 1. The largest absolute Gasteiger partial charge is 0.507 e. The van der Waals surface area contributed by atoms with E-state index in [0.29, 0.717) is 30.3 Å². The van der Waals surface area contributed by atoms with Crippen LogP contribution < -0.4 is 4.90 Å². The molecular weight excluding hydrogens is 372 g/mol. The molecule has 0 saturated carbocycles. The number of phenolic OH excluding ortho intramolecular Hbond substituents is 1. The lowest BCUT2D eigenvalue weighted by Crippen LogP contribution is -2.56. The lowest BCUT2D eigenvalue weighted by Gasteiger charge is -2.40. The number of benzene rings is 2. The minimum atomic E-state index is -0.999. The van der Waals surface area contributed by atoms with E-state index in [4.69, 9.17) is 4.98 Å². The monoisotopic (exact) mass is 394 g/mol. The standard InChI is InChI=1S/C21H22N4O4/c1-13-6-7-15-17(10-13)22-19(16-4-2-3-5-18(16)27)23-20(15)25-9-8-24(21(28)29)11-14(25)12-26/h2-7,10,14,26-27H,8-9,11-12H2,1H3,(H,28,29). The van der Waals surface area contributed by atoms with E-state index in [1.54, 1.807) is 24.3 Å². The molecule has 1 aliphatic rings. The fourth-order valence-corrected chi connectivity index (χ4v) is 3.69. The number of carboxylic acid groups (broad SMARTS) is 1. The smallest absolute Gasteiger partial charge is 0.407 e. The number of aromatic nitrogens is 2. The number of carbonyl (C=O) groups is 1. The van der Waals surface area contributed by atoms with Crippen LogP contribution in [0, 0.1) is 6.92 Å². The van der Waals surface area contributed by atoms with Crippen LogP contribution in [-0.2, 0) is 0 Å². The number of nitrogens with zero attached hydrogens (tertiary/aromatic N) is 4. The normalized spacial score (nSPS) is 17.0. The fraction of sp³-hybridized carbons (Fsp3) is 0.286. The van der Waals surface area contributed by atoms with Gasteiger partial charge in [-0.1, -0.05) is 18.2 Å². The van der Waals surface area contributed by atoms with E-state index < -0.39 is 12.1 Å². The summed E-state index contributed by atoms with van der Waals surface area (Å²) >= 11 is 0. The van der Waals surface area contributed by atoms with Gasteiger partial charge >= 0.3 is 6.09 Å². The van der Waals surface area contributed by atoms with Crippen molar-refractivity contribution >= 4 is 22.8 Å². The van der Waals surface area contributed by atoms with E-state index >= 15 is 0 Å². The summed E-state index contributed by atoms with van der Waals surface area (Å²) in [6, 6.07) is 12.3. The zero-order valence-corrected chi connectivity index (χ0v) is 16.0. The molecule has 1 fully saturated rings. The summed E-state index contributed by atoms with van der Waals surface area (Å²) in [7, 11) is 0. The van der Waals surface area contributed by atoms with Crippen LogP contribution in [0.4, 0.5) is 10.6 Å². The quantitative estimate of drug-likeness (QED) is 0.626. The molecule has 2 aromatic carbocycles. The van der Waals surface area contributed by atoms with Crippen LogP contribution in [0.3, 0.4) is 0 Å². The van der Waals surface area contributed by atoms with Gasteiger partial charge in [-0.3, -0.25) is 0 Å². The molecule has 1 aromatic heterocycles. The molecule has 8 nitrogen and oxygen atoms in total. The molecular formula is C21H22N4O4. The molecule has 1 aliphatic heterocycles. The first-order valence-electron chi connectivity index (χ1n) is 9.40. The number of aliphatic hydroxyl groups is 1. The van der Waals surface area contributed by atoms with Crippen molar-refractivity contribution < 1.29 is 20.1 Å². The van der Waals surface area contributed by atoms with Crippen molar-refractivity contribution in [2.75, 3.05) is 31.1 Å². The van der Waals surface area contributed by atoms with Crippen LogP contribution in [0.25, 0.3) is 22.3 Å². The Kier molecular flexibility index (Phi) is 4.94. The van der Waals surface area contributed by atoms with Crippen LogP contribution >= 0.6 is 0 Å². The second kappa shape index (κ2) is 7.56. The molecule has 8 heteroatoms. The number of aryl methyl sites for hydroxylation is 1. The van der Waals surface area contributed by atoms with Gasteiger partial charge in [-0.25, -0.2) is 14.8 Å². The Morgan fingerprint density at radius 2 is 1.97 bits per heavy atom. The molecule has 3 N–H and O–H groups in total. The van der Waals surface area contributed by atoms with Gasteiger partial charge < -0.3 is 25.1 Å². The molecule has 1 amide bonds. The summed E-state index contributed by atoms with van der Waals surface area (Å²) in [6.45, 7) is 2.68. The average molecular weight is 394 g/mol. The third kappa shape index (κ3) is 3.54. The van der Waals surface area contributed by atoms with E-state index in [1.807, 2.05) is 30.0 Å². The zero-order chi connectivity index (χ0) is 20.5. The highest BCUT2D eigenvalue weighted by Crippen LogP contribution is 2.33. The summed E-state index contributed by atoms with van der Waals surface area (Å²) in [4.78, 5) is 24.0. The van der Waals surface area contributed by atoms with Crippen molar-refractivity contribution in [1.29, 1.82) is 0 Å². The molecule has 1 unspecified atom stereocenters. The van der Waals surface area contributed by atoms with Crippen molar-refractivity contribution in [3.05, 3.63) is 48.0 Å². The van der Waals surface area contributed by atoms with Crippen molar-refractivity contribution in [3.8, 4) is 17.1 Å². The lowest BCUT2D eigenvalue weighted by atomic mass is 10.1. The highest BCUT2D eigenvalue weighted by molar-refractivity contribution is 5.92. The molecule has 0 spiro atoms. The Balaban J connectivity index is 1.87. The number of para-hydroxylation sites is 1. The Hall–Kier alpha value is -3.39. The maximum absolute atomic E-state index is 11.4. The third-order valence-electron chi connectivity index (χ3n) is 5.21. The number of aromatic hydroxyl groups is 1. The molecule has 2 heterocycles. The van der Waals surface area contributed by atoms with Gasteiger partial charge in [0.15, 0.2) is 5.82 Å². The fourth-order valence-electron chi connectivity index (χ4n) is 3.69. The molecule has 1 atom stereocenters. The van der Waals surface area contributed by atoms with Gasteiger partial charge in [-0.15, -0.1) is 0 Å². The second-order valence-electron chi connectivity index (χ2n) is 7.17. The van der Waals surface area contributed by atoms with Crippen molar-refractivity contribution in [1.82, 2.24) is 14.9 Å². The van der Waals surface area contributed by atoms with Gasteiger partial charge in [0.2, 0.25) is 0 Å². The number of anilines is 1. The second-order valence-corrected chi connectivity index (χ2v) is 7.17. The van der Waals surface area contributed by atoms with E-state index in [2.05, 4.69) is 4.98 Å². The van der Waals surface area contributed by atoms with Crippen LogP contribution in [0.5, 0.6) is 5.75 Å². The van der Waals surface area contributed by atoms with Gasteiger partial charge in [0.1, 0.15) is 11.6 Å². The Morgan fingerprint density at radius 3 is 2.69 bits per heavy atom. The number of hydrogen-bond acceptors (Lipinski definition) is 6. The first kappa shape index (κ1) is 18.9. The highest BCUT2D eigenvalue weighted by Gasteiger charge is 2.31. The number of aliphatic hydroxyl groups excluding tert-OH is 1. The average Bonchev–Trinajstić information content (AvgIpc) is 2.72. The van der Waals surface area contributed by atoms with Crippen molar-refractivity contribution in [3.63, 3.8) is 0 Å². The first-order valence-corrected chi connectivity index (χ1v) is 9.40. The van der Waals surface area contributed by atoms with E-state index in [-0.39, 0.29) is 18.9 Å². The topological polar surface area (TPSA) is 110 Å². The van der Waals surface area contributed by atoms with Crippen LogP contribution in [0.1, 0.15) is 5.56 Å². The predicted octanol–water partition coefficient (Wildman–Crippen LogP) is 2.47. The lowest BCUT2D eigenvalue weighted by molar-refractivity contribution is 0.124. The zero-order valence-electron chi connectivity index (χ0n) is 16.0. The minimum absolute atomic E-state index is 0.0832.